The summed E-state index contributed by atoms with van der Waals surface area (Å²) in [5.74, 6) is 1.76. The minimum absolute atomic E-state index is 0.0166. The monoisotopic (exact) mass is 323 g/mol. The maximum absolute atomic E-state index is 5.71. The molecule has 0 saturated heterocycles. The molecule has 1 aromatic heterocycles. The summed E-state index contributed by atoms with van der Waals surface area (Å²) in [6.07, 6.45) is 1.69. The number of hydrogen-bond acceptors (Lipinski definition) is 3. The fourth-order valence-electron chi connectivity index (χ4n) is 2.07. The Morgan fingerprint density at radius 2 is 2.05 bits per heavy atom. The molecule has 0 amide bonds. The zero-order valence-corrected chi connectivity index (χ0v) is 12.7. The molecule has 2 aromatic rings. The lowest BCUT2D eigenvalue weighted by molar-refractivity contribution is 0.330. The molecule has 4 heteroatoms. The van der Waals surface area contributed by atoms with Gasteiger partial charge in [0.25, 0.3) is 0 Å². The Bertz CT molecular complexity index is 524. The summed E-state index contributed by atoms with van der Waals surface area (Å²) in [7, 11) is 0. The van der Waals surface area contributed by atoms with Gasteiger partial charge in [-0.2, -0.15) is 0 Å². The lowest BCUT2D eigenvalue weighted by Gasteiger charge is -2.19. The molecule has 0 spiro atoms. The van der Waals surface area contributed by atoms with Crippen LogP contribution >= 0.6 is 15.9 Å². The number of rotatable bonds is 6. The summed E-state index contributed by atoms with van der Waals surface area (Å²) in [5, 5.41) is 3.44. The van der Waals surface area contributed by atoms with Gasteiger partial charge in [-0.3, -0.25) is 0 Å². The molecule has 2 rings (SSSR count). The maximum atomic E-state index is 5.71. The summed E-state index contributed by atoms with van der Waals surface area (Å²) >= 11 is 3.52. The minimum atomic E-state index is -0.0166. The van der Waals surface area contributed by atoms with Crippen molar-refractivity contribution in [2.45, 2.75) is 19.9 Å². The Morgan fingerprint density at radius 1 is 1.26 bits per heavy atom. The maximum Gasteiger partial charge on any atom is 0.139 e. The first kappa shape index (κ1) is 14.2. The van der Waals surface area contributed by atoms with E-state index in [9.17, 15) is 0 Å². The third-order valence-electron chi connectivity index (χ3n) is 2.85. The van der Waals surface area contributed by atoms with Gasteiger partial charge in [0.1, 0.15) is 11.5 Å². The van der Waals surface area contributed by atoms with Crippen LogP contribution in [-0.2, 0) is 0 Å². The van der Waals surface area contributed by atoms with Crippen LogP contribution in [0.5, 0.6) is 5.75 Å². The van der Waals surface area contributed by atoms with E-state index in [0.717, 1.165) is 28.1 Å². The molecule has 1 unspecified atom stereocenters. The van der Waals surface area contributed by atoms with Crippen LogP contribution in [0.15, 0.2) is 45.5 Å². The number of hydrogen-bond donors (Lipinski definition) is 1. The molecule has 102 valence electrons. The number of ether oxygens (including phenoxy) is 1. The molecule has 0 aliphatic rings. The molecule has 1 atom stereocenters. The van der Waals surface area contributed by atoms with Crippen molar-refractivity contribution in [3.8, 4) is 5.75 Å². The summed E-state index contributed by atoms with van der Waals surface area (Å²) in [5.41, 5.74) is 1.09. The smallest absolute Gasteiger partial charge is 0.139 e. The van der Waals surface area contributed by atoms with Crippen LogP contribution in [-0.4, -0.2) is 13.2 Å². The first-order valence-electron chi connectivity index (χ1n) is 6.45. The van der Waals surface area contributed by atoms with Crippen molar-refractivity contribution >= 4 is 15.9 Å². The van der Waals surface area contributed by atoms with Crippen LogP contribution in [0.2, 0.25) is 0 Å². The third kappa shape index (κ3) is 3.19. The normalized spacial score (nSPS) is 12.4. The van der Waals surface area contributed by atoms with Crippen LogP contribution in [0, 0.1) is 0 Å². The summed E-state index contributed by atoms with van der Waals surface area (Å²) in [6.45, 7) is 5.56. The van der Waals surface area contributed by atoms with Gasteiger partial charge in [0.05, 0.1) is 23.4 Å². The van der Waals surface area contributed by atoms with Gasteiger partial charge in [0.15, 0.2) is 0 Å². The number of nitrogens with one attached hydrogen (secondary N) is 1. The van der Waals surface area contributed by atoms with E-state index in [-0.39, 0.29) is 6.04 Å². The molecule has 0 aliphatic heterocycles. The predicted molar refractivity (Wildman–Crippen MR) is 79.5 cm³/mol. The van der Waals surface area contributed by atoms with Gasteiger partial charge < -0.3 is 14.5 Å². The first-order chi connectivity index (χ1) is 9.27. The van der Waals surface area contributed by atoms with Gasteiger partial charge in [0.2, 0.25) is 0 Å². The second kappa shape index (κ2) is 6.78. The molecule has 0 radical (unpaired) electrons. The van der Waals surface area contributed by atoms with Crippen molar-refractivity contribution < 1.29 is 9.15 Å². The van der Waals surface area contributed by atoms with Gasteiger partial charge in [-0.05, 0) is 41.5 Å². The quantitative estimate of drug-likeness (QED) is 0.867. The van der Waals surface area contributed by atoms with E-state index in [1.54, 1.807) is 6.26 Å². The fourth-order valence-corrected chi connectivity index (χ4v) is 2.50. The van der Waals surface area contributed by atoms with E-state index in [2.05, 4.69) is 34.2 Å². The number of benzene rings is 1. The second-order valence-corrected chi connectivity index (χ2v) is 4.95. The molecule has 0 saturated carbocycles. The minimum Gasteiger partial charge on any atom is -0.494 e. The Balaban J connectivity index is 2.42. The molecule has 1 N–H and O–H groups in total. The van der Waals surface area contributed by atoms with E-state index < -0.39 is 0 Å². The predicted octanol–water partition coefficient (Wildman–Crippen LogP) is 4.14. The molecule has 0 aliphatic carbocycles. The highest BCUT2D eigenvalue weighted by molar-refractivity contribution is 9.10. The highest BCUT2D eigenvalue weighted by Crippen LogP contribution is 2.34. The van der Waals surface area contributed by atoms with Gasteiger partial charge >= 0.3 is 0 Å². The topological polar surface area (TPSA) is 34.4 Å². The zero-order chi connectivity index (χ0) is 13.7. The molecular weight excluding hydrogens is 306 g/mol. The van der Waals surface area contributed by atoms with E-state index in [1.165, 1.54) is 0 Å². The van der Waals surface area contributed by atoms with Gasteiger partial charge in [0, 0.05) is 5.56 Å². The largest absolute Gasteiger partial charge is 0.494 e. The Labute approximate surface area is 122 Å². The average Bonchev–Trinajstić information content (AvgIpc) is 2.84. The van der Waals surface area contributed by atoms with E-state index in [0.29, 0.717) is 6.61 Å². The van der Waals surface area contributed by atoms with Crippen LogP contribution in [0.4, 0.5) is 0 Å². The van der Waals surface area contributed by atoms with Crippen molar-refractivity contribution in [2.75, 3.05) is 13.2 Å². The number of para-hydroxylation sites is 1. The standard InChI is InChI=1S/C15H18BrNO2/c1-3-17-14(15-12(16)9-10-19-15)11-7-5-6-8-13(11)18-4-2/h5-10,14,17H,3-4H2,1-2H3. The average molecular weight is 324 g/mol. The zero-order valence-electron chi connectivity index (χ0n) is 11.2. The van der Waals surface area contributed by atoms with Crippen molar-refractivity contribution in [1.82, 2.24) is 5.32 Å². The summed E-state index contributed by atoms with van der Waals surface area (Å²) in [6, 6.07) is 9.93. The molecule has 0 fully saturated rings. The highest BCUT2D eigenvalue weighted by Gasteiger charge is 2.22. The third-order valence-corrected chi connectivity index (χ3v) is 3.50. The highest BCUT2D eigenvalue weighted by atomic mass is 79.9. The molecule has 1 aromatic carbocycles. The van der Waals surface area contributed by atoms with Crippen molar-refractivity contribution in [2.24, 2.45) is 0 Å². The van der Waals surface area contributed by atoms with E-state index in [1.807, 2.05) is 31.2 Å². The molecule has 1 heterocycles. The summed E-state index contributed by atoms with van der Waals surface area (Å²) in [4.78, 5) is 0. The van der Waals surface area contributed by atoms with E-state index >= 15 is 0 Å². The van der Waals surface area contributed by atoms with Crippen LogP contribution < -0.4 is 10.1 Å². The molecule has 3 nitrogen and oxygen atoms in total. The second-order valence-electron chi connectivity index (χ2n) is 4.09. The van der Waals surface area contributed by atoms with Crippen LogP contribution in [0.25, 0.3) is 0 Å². The SMILES string of the molecule is CCNC(c1ccccc1OCC)c1occc1Br. The molecule has 19 heavy (non-hydrogen) atoms. The van der Waals surface area contributed by atoms with Crippen LogP contribution in [0.1, 0.15) is 31.2 Å². The Morgan fingerprint density at radius 3 is 2.68 bits per heavy atom. The van der Waals surface area contributed by atoms with Gasteiger partial charge in [-0.25, -0.2) is 0 Å². The van der Waals surface area contributed by atoms with Gasteiger partial charge in [-0.15, -0.1) is 0 Å². The fraction of sp³-hybridized carbons (Fsp3) is 0.333. The van der Waals surface area contributed by atoms with E-state index in [4.69, 9.17) is 9.15 Å². The van der Waals surface area contributed by atoms with Crippen molar-refractivity contribution in [3.05, 3.63) is 52.4 Å². The van der Waals surface area contributed by atoms with Crippen molar-refractivity contribution in [1.29, 1.82) is 0 Å². The lowest BCUT2D eigenvalue weighted by Crippen LogP contribution is -2.22. The number of halogens is 1. The van der Waals surface area contributed by atoms with Crippen molar-refractivity contribution in [3.63, 3.8) is 0 Å². The summed E-state index contributed by atoms with van der Waals surface area (Å²) < 4.78 is 12.3. The Kier molecular flexibility index (Phi) is 5.05. The molecular formula is C15H18BrNO2. The first-order valence-corrected chi connectivity index (χ1v) is 7.25. The Hall–Kier alpha value is -1.26. The molecule has 0 bridgehead atoms. The van der Waals surface area contributed by atoms with Crippen LogP contribution in [0.3, 0.4) is 0 Å². The lowest BCUT2D eigenvalue weighted by atomic mass is 10.0. The number of furan rings is 1. The van der Waals surface area contributed by atoms with Gasteiger partial charge in [-0.1, -0.05) is 25.1 Å².